The third-order valence-electron chi connectivity index (χ3n) is 2.78. The Bertz CT molecular complexity index is 353. The second-order valence-corrected chi connectivity index (χ2v) is 3.70. The van der Waals surface area contributed by atoms with Crippen LogP contribution < -0.4 is 0 Å². The zero-order valence-electron chi connectivity index (χ0n) is 8.23. The summed E-state index contributed by atoms with van der Waals surface area (Å²) in [6.07, 6.45) is 1.26. The molecule has 14 heavy (non-hydrogen) atoms. The summed E-state index contributed by atoms with van der Waals surface area (Å²) in [5, 5.41) is 8.85. The van der Waals surface area contributed by atoms with Gasteiger partial charge in [0.05, 0.1) is 0 Å². The Morgan fingerprint density at radius 2 is 2.21 bits per heavy atom. The van der Waals surface area contributed by atoms with Gasteiger partial charge in [-0.1, -0.05) is 0 Å². The van der Waals surface area contributed by atoms with E-state index in [-0.39, 0.29) is 0 Å². The van der Waals surface area contributed by atoms with Crippen LogP contribution in [0.2, 0.25) is 0 Å². The van der Waals surface area contributed by atoms with E-state index in [1.165, 1.54) is 6.42 Å². The number of carboxylic acids is 1. The molecule has 0 spiro atoms. The van der Waals surface area contributed by atoms with Gasteiger partial charge in [0.1, 0.15) is 5.69 Å². The van der Waals surface area contributed by atoms with Crippen LogP contribution in [-0.4, -0.2) is 33.6 Å². The molecule has 0 saturated carbocycles. The van der Waals surface area contributed by atoms with Crippen molar-refractivity contribution in [3.63, 3.8) is 0 Å². The van der Waals surface area contributed by atoms with Crippen molar-refractivity contribution in [2.75, 3.05) is 13.1 Å². The van der Waals surface area contributed by atoms with Crippen molar-refractivity contribution >= 4 is 5.97 Å². The van der Waals surface area contributed by atoms with Gasteiger partial charge in [0, 0.05) is 19.3 Å². The van der Waals surface area contributed by atoms with Crippen LogP contribution in [0.5, 0.6) is 0 Å². The smallest absolute Gasteiger partial charge is 0.352 e. The monoisotopic (exact) mass is 194 g/mol. The van der Waals surface area contributed by atoms with Gasteiger partial charge < -0.3 is 9.67 Å². The molecule has 0 atom stereocenters. The van der Waals surface area contributed by atoms with Crippen LogP contribution in [0.25, 0.3) is 0 Å². The Labute approximate surface area is 82.7 Å². The van der Waals surface area contributed by atoms with Gasteiger partial charge in [-0.25, -0.2) is 4.79 Å². The average Bonchev–Trinajstić information content (AvgIpc) is 2.40. The van der Waals surface area contributed by atoms with E-state index in [1.807, 2.05) is 6.07 Å². The predicted molar refractivity (Wildman–Crippen MR) is 52.3 cm³/mol. The molecule has 0 aliphatic carbocycles. The first-order valence-corrected chi connectivity index (χ1v) is 4.79. The zero-order chi connectivity index (χ0) is 10.1. The second-order valence-electron chi connectivity index (χ2n) is 3.70. The van der Waals surface area contributed by atoms with Crippen LogP contribution >= 0.6 is 0 Å². The van der Waals surface area contributed by atoms with E-state index in [4.69, 9.17) is 5.11 Å². The summed E-state index contributed by atoms with van der Waals surface area (Å²) in [5.74, 6) is -0.859. The highest BCUT2D eigenvalue weighted by Crippen LogP contribution is 2.14. The van der Waals surface area contributed by atoms with Gasteiger partial charge in [-0.3, -0.25) is 4.90 Å². The maximum Gasteiger partial charge on any atom is 0.352 e. The molecule has 0 unspecified atom stereocenters. The van der Waals surface area contributed by atoms with E-state index in [2.05, 4.69) is 4.90 Å². The number of aromatic carboxylic acids is 1. The van der Waals surface area contributed by atoms with Crippen LogP contribution in [0, 0.1) is 0 Å². The van der Waals surface area contributed by atoms with E-state index in [0.717, 1.165) is 25.3 Å². The molecular formula is C10H14N2O2. The van der Waals surface area contributed by atoms with Crippen molar-refractivity contribution < 1.29 is 9.90 Å². The second kappa shape index (κ2) is 3.46. The molecule has 1 aromatic heterocycles. The highest BCUT2D eigenvalue weighted by molar-refractivity contribution is 5.86. The van der Waals surface area contributed by atoms with Crippen LogP contribution in [0.3, 0.4) is 0 Å². The highest BCUT2D eigenvalue weighted by atomic mass is 16.4. The fraction of sp³-hybridized carbons (Fsp3) is 0.500. The number of nitrogens with zero attached hydrogens (tertiary/aromatic N) is 2. The Morgan fingerprint density at radius 3 is 2.64 bits per heavy atom. The lowest BCUT2D eigenvalue weighted by atomic mass is 10.2. The van der Waals surface area contributed by atoms with Gasteiger partial charge in [0.2, 0.25) is 0 Å². The normalized spacial score (nSPS) is 16.6. The largest absolute Gasteiger partial charge is 0.477 e. The molecule has 1 aliphatic heterocycles. The molecule has 2 heterocycles. The first-order chi connectivity index (χ1) is 6.68. The Morgan fingerprint density at radius 1 is 1.50 bits per heavy atom. The van der Waals surface area contributed by atoms with Crippen molar-refractivity contribution in [2.24, 2.45) is 7.05 Å². The maximum atomic E-state index is 10.8. The number of aromatic nitrogens is 1. The lowest BCUT2D eigenvalue weighted by Gasteiger charge is -2.30. The minimum absolute atomic E-state index is 0.362. The van der Waals surface area contributed by atoms with Gasteiger partial charge in [-0.15, -0.1) is 0 Å². The van der Waals surface area contributed by atoms with Crippen molar-refractivity contribution in [3.05, 3.63) is 23.5 Å². The summed E-state index contributed by atoms with van der Waals surface area (Å²) in [5.41, 5.74) is 1.43. The number of likely N-dealkylation sites (tertiary alicyclic amines) is 1. The molecule has 4 heteroatoms. The minimum Gasteiger partial charge on any atom is -0.477 e. The van der Waals surface area contributed by atoms with E-state index in [0.29, 0.717) is 5.69 Å². The fourth-order valence-corrected chi connectivity index (χ4v) is 1.70. The Kier molecular flexibility index (Phi) is 2.29. The quantitative estimate of drug-likeness (QED) is 0.778. The van der Waals surface area contributed by atoms with Gasteiger partial charge in [-0.2, -0.15) is 0 Å². The summed E-state index contributed by atoms with van der Waals surface area (Å²) < 4.78 is 1.75. The van der Waals surface area contributed by atoms with Crippen molar-refractivity contribution in [2.45, 2.75) is 13.0 Å². The van der Waals surface area contributed by atoms with E-state index < -0.39 is 5.97 Å². The number of carbonyl (C=O) groups is 1. The van der Waals surface area contributed by atoms with Crippen LogP contribution in [0.1, 0.15) is 22.6 Å². The van der Waals surface area contributed by atoms with Gasteiger partial charge >= 0.3 is 5.97 Å². The summed E-state index contributed by atoms with van der Waals surface area (Å²) in [6, 6.07) is 3.55. The molecule has 1 fully saturated rings. The lowest BCUT2D eigenvalue weighted by molar-refractivity contribution is 0.0685. The summed E-state index contributed by atoms with van der Waals surface area (Å²) in [7, 11) is 1.80. The summed E-state index contributed by atoms with van der Waals surface area (Å²) in [6.45, 7) is 3.13. The molecule has 1 N–H and O–H groups in total. The lowest BCUT2D eigenvalue weighted by Crippen LogP contribution is -2.36. The molecule has 0 bridgehead atoms. The molecule has 1 saturated heterocycles. The minimum atomic E-state index is -0.859. The maximum absolute atomic E-state index is 10.8. The van der Waals surface area contributed by atoms with Gasteiger partial charge in [0.25, 0.3) is 0 Å². The first-order valence-electron chi connectivity index (χ1n) is 4.79. The molecule has 2 rings (SSSR count). The molecule has 0 aromatic carbocycles. The first kappa shape index (κ1) is 9.27. The third-order valence-corrected chi connectivity index (χ3v) is 2.78. The zero-order valence-corrected chi connectivity index (χ0v) is 8.23. The van der Waals surface area contributed by atoms with E-state index in [9.17, 15) is 4.79 Å². The average molecular weight is 194 g/mol. The number of hydrogen-bond donors (Lipinski definition) is 1. The van der Waals surface area contributed by atoms with Gasteiger partial charge in [0.15, 0.2) is 0 Å². The molecule has 0 radical (unpaired) electrons. The number of rotatable bonds is 3. The standard InChI is InChI=1S/C10H14N2O2/c1-11-8(7-12-5-2-6-12)3-4-9(11)10(13)14/h3-4H,2,5-7H2,1H3,(H,13,14). The van der Waals surface area contributed by atoms with Crippen molar-refractivity contribution in [3.8, 4) is 0 Å². The van der Waals surface area contributed by atoms with Crippen LogP contribution in [0.4, 0.5) is 0 Å². The highest BCUT2D eigenvalue weighted by Gasteiger charge is 2.17. The van der Waals surface area contributed by atoms with E-state index in [1.54, 1.807) is 17.7 Å². The predicted octanol–water partition coefficient (Wildman–Crippen LogP) is 0.929. The topological polar surface area (TPSA) is 45.5 Å². The summed E-state index contributed by atoms with van der Waals surface area (Å²) >= 11 is 0. The number of carboxylic acid groups (broad SMARTS) is 1. The molecular weight excluding hydrogens is 180 g/mol. The third kappa shape index (κ3) is 1.53. The fourth-order valence-electron chi connectivity index (χ4n) is 1.70. The van der Waals surface area contributed by atoms with Crippen LogP contribution in [-0.2, 0) is 13.6 Å². The Balaban J connectivity index is 2.13. The molecule has 76 valence electrons. The Hall–Kier alpha value is -1.29. The molecule has 1 aliphatic rings. The summed E-state index contributed by atoms with van der Waals surface area (Å²) in [4.78, 5) is 13.1. The van der Waals surface area contributed by atoms with Crippen molar-refractivity contribution in [1.82, 2.24) is 9.47 Å². The SMILES string of the molecule is Cn1c(CN2CCC2)ccc1C(=O)O. The number of hydrogen-bond acceptors (Lipinski definition) is 2. The molecule has 1 aromatic rings. The van der Waals surface area contributed by atoms with E-state index >= 15 is 0 Å². The molecule has 4 nitrogen and oxygen atoms in total. The van der Waals surface area contributed by atoms with Crippen LogP contribution in [0.15, 0.2) is 12.1 Å². The van der Waals surface area contributed by atoms with Gasteiger partial charge in [-0.05, 0) is 31.6 Å². The molecule has 0 amide bonds. The van der Waals surface area contributed by atoms with Crippen molar-refractivity contribution in [1.29, 1.82) is 0 Å².